The zero-order chi connectivity index (χ0) is 15.4. The quantitative estimate of drug-likeness (QED) is 0.540. The number of carboxylic acids is 1. The fourth-order valence-corrected chi connectivity index (χ4v) is 2.10. The zero-order valence-corrected chi connectivity index (χ0v) is 13.2. The van der Waals surface area contributed by atoms with Crippen LogP contribution >= 0.6 is 0 Å². The van der Waals surface area contributed by atoms with Gasteiger partial charge in [0, 0.05) is 23.2 Å². The molecule has 6 heteroatoms. The first-order valence-corrected chi connectivity index (χ1v) is 6.50. The van der Waals surface area contributed by atoms with Crippen LogP contribution in [0, 0.1) is 13.8 Å². The first-order chi connectivity index (χ1) is 10.0. The number of aliphatic carboxylic acids is 1. The fourth-order valence-electron chi connectivity index (χ4n) is 2.10. The molecule has 0 unspecified atom stereocenters. The third-order valence-corrected chi connectivity index (χ3v) is 3.21. The van der Waals surface area contributed by atoms with Gasteiger partial charge < -0.3 is 10.8 Å². The van der Waals surface area contributed by atoms with Crippen LogP contribution in [0.5, 0.6) is 0 Å². The summed E-state index contributed by atoms with van der Waals surface area (Å²) in [6, 6.07) is 8.33. The molecule has 0 bridgehead atoms. The maximum Gasteiger partial charge on any atom is 1.00 e. The minimum absolute atomic E-state index is 0. The molecule has 1 aromatic carbocycles. The Labute approximate surface area is 139 Å². The van der Waals surface area contributed by atoms with Gasteiger partial charge in [0.15, 0.2) is 0 Å². The second-order valence-electron chi connectivity index (χ2n) is 4.68. The van der Waals surface area contributed by atoms with Gasteiger partial charge in [-0.2, -0.15) is 0 Å². The van der Waals surface area contributed by atoms with E-state index < -0.39 is 12.5 Å². The normalized spacial score (nSPS) is 9.77. The van der Waals surface area contributed by atoms with Gasteiger partial charge >= 0.3 is 17.1 Å². The van der Waals surface area contributed by atoms with Gasteiger partial charge in [0.1, 0.15) is 0 Å². The largest absolute Gasteiger partial charge is 1.00 e. The van der Waals surface area contributed by atoms with Crippen LogP contribution in [-0.2, 0) is 21.9 Å². The van der Waals surface area contributed by atoms with Crippen LogP contribution in [0.25, 0.3) is 27.5 Å². The number of aryl methyl sites for hydroxylation is 2. The molecule has 0 fully saturated rings. The molecule has 0 amide bonds. The van der Waals surface area contributed by atoms with Crippen molar-refractivity contribution in [2.45, 2.75) is 13.8 Å². The Morgan fingerprint density at radius 1 is 1.00 bits per heavy atom. The van der Waals surface area contributed by atoms with E-state index in [1.54, 1.807) is 0 Å². The standard InChI is InChI=1S/C14H12N2.C2H4NO2.Cu/c1-9-5-7-15-13-11(9)3-4-12-10(2)6-8-16-14(12)13;3-1-2(4)5;/h3-8H,1-2H3;3H,1H2,(H,4,5);/q;-1;+1. The summed E-state index contributed by atoms with van der Waals surface area (Å²) in [5.74, 6) is -1.08. The Bertz CT molecular complexity index is 745. The van der Waals surface area contributed by atoms with Gasteiger partial charge in [0.25, 0.3) is 5.97 Å². The summed E-state index contributed by atoms with van der Waals surface area (Å²) in [6.45, 7) is 3.68. The van der Waals surface area contributed by atoms with Crippen LogP contribution in [0.1, 0.15) is 11.1 Å². The molecule has 2 aromatic heterocycles. The Morgan fingerprint density at radius 2 is 1.36 bits per heavy atom. The van der Waals surface area contributed by atoms with Crippen molar-refractivity contribution in [2.75, 3.05) is 6.54 Å². The van der Waals surface area contributed by atoms with E-state index in [1.165, 1.54) is 21.9 Å². The molecule has 2 heterocycles. The number of hydrogen-bond acceptors (Lipinski definition) is 3. The van der Waals surface area contributed by atoms with Crippen molar-refractivity contribution in [3.63, 3.8) is 0 Å². The summed E-state index contributed by atoms with van der Waals surface area (Å²) in [5.41, 5.74) is 10.6. The number of carboxylic acid groups (broad SMARTS) is 1. The Kier molecular flexibility index (Phi) is 6.43. The fraction of sp³-hybridized carbons (Fsp3) is 0.188. The van der Waals surface area contributed by atoms with Crippen molar-refractivity contribution in [3.05, 3.63) is 53.5 Å². The molecule has 118 valence electrons. The van der Waals surface area contributed by atoms with E-state index in [2.05, 4.69) is 35.9 Å². The van der Waals surface area contributed by atoms with Crippen molar-refractivity contribution in [1.82, 2.24) is 9.97 Å². The maximum absolute atomic E-state index is 9.18. The third kappa shape index (κ3) is 3.80. The van der Waals surface area contributed by atoms with E-state index in [1.807, 2.05) is 24.5 Å². The van der Waals surface area contributed by atoms with E-state index in [0.29, 0.717) is 0 Å². The Balaban J connectivity index is 0.000000356. The van der Waals surface area contributed by atoms with Crippen LogP contribution in [0.3, 0.4) is 0 Å². The molecule has 0 saturated carbocycles. The van der Waals surface area contributed by atoms with Crippen molar-refractivity contribution >= 4 is 27.8 Å². The molecule has 2 N–H and O–H groups in total. The Hall–Kier alpha value is -2.01. The Morgan fingerprint density at radius 3 is 1.68 bits per heavy atom. The predicted molar refractivity (Wildman–Crippen MR) is 83.3 cm³/mol. The van der Waals surface area contributed by atoms with Gasteiger partial charge in [-0.05, 0) is 37.1 Å². The molecular formula is C16H16CuN3O2. The number of rotatable bonds is 1. The molecule has 0 spiro atoms. The van der Waals surface area contributed by atoms with Crippen molar-refractivity contribution in [1.29, 1.82) is 0 Å². The number of aromatic nitrogens is 2. The number of nitrogens with zero attached hydrogens (tertiary/aromatic N) is 2. The van der Waals surface area contributed by atoms with Gasteiger partial charge in [0.05, 0.1) is 11.0 Å². The summed E-state index contributed by atoms with van der Waals surface area (Å²) < 4.78 is 0. The van der Waals surface area contributed by atoms with E-state index in [0.717, 1.165) is 11.0 Å². The van der Waals surface area contributed by atoms with E-state index >= 15 is 0 Å². The predicted octanol–water partition coefficient (Wildman–Crippen LogP) is 3.52. The van der Waals surface area contributed by atoms with Crippen LogP contribution in [0.2, 0.25) is 0 Å². The molecule has 0 atom stereocenters. The summed E-state index contributed by atoms with van der Waals surface area (Å²) in [6.07, 6.45) is 3.70. The topological polar surface area (TPSA) is 86.9 Å². The van der Waals surface area contributed by atoms with E-state index in [-0.39, 0.29) is 17.1 Å². The molecule has 3 rings (SSSR count). The van der Waals surface area contributed by atoms with Crippen LogP contribution in [0.15, 0.2) is 36.7 Å². The summed E-state index contributed by atoms with van der Waals surface area (Å²) >= 11 is 0. The van der Waals surface area contributed by atoms with Gasteiger partial charge in [-0.1, -0.05) is 18.7 Å². The van der Waals surface area contributed by atoms with Crippen LogP contribution in [-0.4, -0.2) is 27.6 Å². The van der Waals surface area contributed by atoms with Crippen molar-refractivity contribution in [2.24, 2.45) is 0 Å². The molecule has 0 aliphatic rings. The molecule has 0 radical (unpaired) electrons. The summed E-state index contributed by atoms with van der Waals surface area (Å²) in [5, 5.41) is 9.91. The summed E-state index contributed by atoms with van der Waals surface area (Å²) in [4.78, 5) is 18.1. The molecular weight excluding hydrogens is 330 g/mol. The average Bonchev–Trinajstić information content (AvgIpc) is 2.48. The van der Waals surface area contributed by atoms with Crippen LogP contribution < -0.4 is 0 Å². The van der Waals surface area contributed by atoms with Gasteiger partial charge in [-0.15, -0.1) is 0 Å². The minimum Gasteiger partial charge on any atom is -0.668 e. The third-order valence-electron chi connectivity index (χ3n) is 3.21. The molecule has 0 saturated heterocycles. The van der Waals surface area contributed by atoms with Gasteiger partial charge in [-0.25, -0.2) is 0 Å². The summed E-state index contributed by atoms with van der Waals surface area (Å²) in [7, 11) is 0. The van der Waals surface area contributed by atoms with E-state index in [4.69, 9.17) is 10.8 Å². The number of pyridine rings is 2. The second kappa shape index (κ2) is 7.84. The monoisotopic (exact) mass is 345 g/mol. The first-order valence-electron chi connectivity index (χ1n) is 6.50. The smallest absolute Gasteiger partial charge is 0.668 e. The minimum atomic E-state index is -1.08. The number of benzene rings is 1. The molecule has 3 aromatic rings. The van der Waals surface area contributed by atoms with Crippen molar-refractivity contribution in [3.8, 4) is 0 Å². The number of fused-ring (bicyclic) bond motifs is 3. The molecule has 22 heavy (non-hydrogen) atoms. The maximum atomic E-state index is 9.18. The number of carbonyl (C=O) groups is 1. The van der Waals surface area contributed by atoms with Gasteiger partial charge in [-0.3, -0.25) is 14.8 Å². The zero-order valence-electron chi connectivity index (χ0n) is 12.2. The first kappa shape index (κ1) is 18.0. The average molecular weight is 346 g/mol. The second-order valence-corrected chi connectivity index (χ2v) is 4.68. The van der Waals surface area contributed by atoms with Gasteiger partial charge in [0.2, 0.25) is 0 Å². The van der Waals surface area contributed by atoms with E-state index in [9.17, 15) is 4.79 Å². The molecule has 0 aliphatic carbocycles. The van der Waals surface area contributed by atoms with Crippen molar-refractivity contribution < 1.29 is 27.0 Å². The SMILES string of the molecule is Cc1ccnc2c1ccc1c(C)ccnc12.[Cu+].[NH-]CC(=O)O. The molecule has 0 aliphatic heterocycles. The number of nitrogens with one attached hydrogen (secondary N) is 1. The molecule has 5 nitrogen and oxygen atoms in total. The van der Waals surface area contributed by atoms with Crippen LogP contribution in [0.4, 0.5) is 0 Å². The number of hydrogen-bond donors (Lipinski definition) is 1.